The lowest BCUT2D eigenvalue weighted by Gasteiger charge is -2.36. The third kappa shape index (κ3) is 26.0. The maximum Gasteiger partial charge on any atom is 0.469 e. The number of phosphoric ester groups is 1. The molecule has 8 nitrogen and oxygen atoms in total. The van der Waals surface area contributed by atoms with Crippen molar-refractivity contribution in [1.29, 1.82) is 0 Å². The van der Waals surface area contributed by atoms with E-state index in [1.54, 1.807) is 0 Å². The Balaban J connectivity index is 3.88. The molecular weight excluding hydrogens is 493 g/mol. The second-order valence-corrected chi connectivity index (χ2v) is 12.8. The van der Waals surface area contributed by atoms with Crippen LogP contribution in [0.15, 0.2) is 0 Å². The van der Waals surface area contributed by atoms with E-state index < -0.39 is 7.82 Å². The Morgan fingerprint density at radius 1 is 0.703 bits per heavy atom. The molecule has 0 saturated carbocycles. The molecule has 0 spiro atoms. The van der Waals surface area contributed by atoms with Gasteiger partial charge in [-0.1, -0.05) is 71.1 Å². The van der Waals surface area contributed by atoms with Crippen molar-refractivity contribution in [3.8, 4) is 0 Å². The van der Waals surface area contributed by atoms with Gasteiger partial charge in [-0.15, -0.1) is 0 Å². The molecule has 0 aliphatic rings. The van der Waals surface area contributed by atoms with Crippen molar-refractivity contribution in [2.75, 3.05) is 54.2 Å². The fourth-order valence-corrected chi connectivity index (χ4v) is 4.60. The minimum absolute atomic E-state index is 0.0318. The molecule has 0 aliphatic heterocycles. The van der Waals surface area contributed by atoms with Gasteiger partial charge in [0.05, 0.1) is 40.0 Å². The summed E-state index contributed by atoms with van der Waals surface area (Å²) in [5.41, 5.74) is 0. The summed E-state index contributed by atoms with van der Waals surface area (Å²) in [5.74, 6) is 0. The molecule has 2 N–H and O–H groups in total. The van der Waals surface area contributed by atoms with E-state index in [0.717, 1.165) is 32.5 Å². The highest BCUT2D eigenvalue weighted by Gasteiger charge is 2.31. The largest absolute Gasteiger partial charge is 0.469 e. The van der Waals surface area contributed by atoms with Crippen LogP contribution in [0.25, 0.3) is 0 Å². The summed E-state index contributed by atoms with van der Waals surface area (Å²) in [6.45, 7) is 9.18. The third-order valence-corrected chi connectivity index (χ3v) is 7.04. The first-order valence-corrected chi connectivity index (χ1v) is 16.3. The van der Waals surface area contributed by atoms with Crippen LogP contribution in [0.5, 0.6) is 0 Å². The fourth-order valence-electron chi connectivity index (χ4n) is 4.24. The average Bonchev–Trinajstić information content (AvgIpc) is 2.79. The summed E-state index contributed by atoms with van der Waals surface area (Å²) in [7, 11) is 1.46. The maximum atomic E-state index is 11.2. The molecule has 0 amide bonds. The van der Waals surface area contributed by atoms with Crippen LogP contribution in [0.2, 0.25) is 0 Å². The number of nitrogens with zero attached hydrogens (tertiary/aromatic N) is 1. The molecule has 2 atom stereocenters. The number of ether oxygens (including phenoxy) is 3. The van der Waals surface area contributed by atoms with Crippen molar-refractivity contribution in [2.45, 2.75) is 129 Å². The molecule has 37 heavy (non-hydrogen) atoms. The monoisotopic (exact) mass is 554 g/mol. The molecule has 0 aliphatic carbocycles. The van der Waals surface area contributed by atoms with Gasteiger partial charge < -0.3 is 28.5 Å². The van der Waals surface area contributed by atoms with E-state index in [1.165, 1.54) is 64.2 Å². The van der Waals surface area contributed by atoms with Gasteiger partial charge in [-0.25, -0.2) is 4.57 Å². The van der Waals surface area contributed by atoms with Crippen LogP contribution in [0.4, 0.5) is 0 Å². The Bertz CT molecular complexity index is 551. The predicted molar refractivity (Wildman–Crippen MR) is 152 cm³/mol. The second kappa shape index (κ2) is 22.7. The first kappa shape index (κ1) is 37.0. The van der Waals surface area contributed by atoms with Gasteiger partial charge in [-0.05, 0) is 33.1 Å². The van der Waals surface area contributed by atoms with Crippen LogP contribution in [0.1, 0.15) is 111 Å². The van der Waals surface area contributed by atoms with Crippen LogP contribution in [-0.4, -0.2) is 86.7 Å². The van der Waals surface area contributed by atoms with E-state index >= 15 is 0 Å². The molecule has 2 unspecified atom stereocenters. The van der Waals surface area contributed by atoms with Gasteiger partial charge in [0, 0.05) is 26.2 Å². The highest BCUT2D eigenvalue weighted by atomic mass is 31.2. The van der Waals surface area contributed by atoms with Crippen LogP contribution in [-0.2, 0) is 23.3 Å². The van der Waals surface area contributed by atoms with E-state index in [1.807, 2.05) is 35.0 Å². The summed E-state index contributed by atoms with van der Waals surface area (Å²) in [4.78, 5) is 18.2. The van der Waals surface area contributed by atoms with E-state index in [4.69, 9.17) is 28.5 Å². The molecule has 224 valence electrons. The molecule has 0 saturated heterocycles. The fraction of sp³-hybridized carbons (Fsp3) is 1.00. The number of phosphoric acid groups is 1. The average molecular weight is 555 g/mol. The molecular formula is C28H61NO7P+. The number of hydrogen-bond donors (Lipinski definition) is 2. The number of hydrogen-bond acceptors (Lipinski definition) is 5. The number of quaternary nitrogens is 1. The molecule has 0 heterocycles. The molecule has 0 bridgehead atoms. The SMILES string of the molecule is CCCCCCCCCOCCCCCCCCOCC(CC(COP(=O)(O)O)[N+](C)(C)C)OC(C)C. The van der Waals surface area contributed by atoms with Gasteiger partial charge in [0.2, 0.25) is 0 Å². The van der Waals surface area contributed by atoms with Gasteiger partial charge in [-0.3, -0.25) is 4.52 Å². The second-order valence-electron chi connectivity index (χ2n) is 11.5. The van der Waals surface area contributed by atoms with E-state index in [-0.39, 0.29) is 24.9 Å². The highest BCUT2D eigenvalue weighted by molar-refractivity contribution is 7.46. The zero-order chi connectivity index (χ0) is 28.0. The molecule has 0 fully saturated rings. The van der Waals surface area contributed by atoms with Crippen LogP contribution in [0, 0.1) is 0 Å². The Kier molecular flexibility index (Phi) is 22.7. The minimum atomic E-state index is -4.51. The zero-order valence-corrected chi connectivity index (χ0v) is 25.9. The standard InChI is InChI=1S/C28H60NO7P/c1-7-8-9-10-11-14-17-20-33-21-18-15-12-13-16-19-22-34-25-28(36-26(2)3)23-27(29(4,5)6)24-35-37(30,31)32/h26-28H,7-25H2,1-6H3,(H-,30,31,32)/p+1. The minimum Gasteiger partial charge on any atom is -0.381 e. The number of rotatable bonds is 27. The smallest absolute Gasteiger partial charge is 0.381 e. The van der Waals surface area contributed by atoms with E-state index in [9.17, 15) is 4.57 Å². The van der Waals surface area contributed by atoms with Gasteiger partial charge in [0.15, 0.2) is 0 Å². The summed E-state index contributed by atoms with van der Waals surface area (Å²) < 4.78 is 34.3. The first-order valence-electron chi connectivity index (χ1n) is 14.8. The summed E-state index contributed by atoms with van der Waals surface area (Å²) in [6, 6.07) is -0.125. The van der Waals surface area contributed by atoms with Crippen LogP contribution >= 0.6 is 7.82 Å². The predicted octanol–water partition coefficient (Wildman–Crippen LogP) is 6.48. The van der Waals surface area contributed by atoms with Crippen molar-refractivity contribution in [3.05, 3.63) is 0 Å². The molecule has 0 radical (unpaired) electrons. The molecule has 0 aromatic carbocycles. The Morgan fingerprint density at radius 2 is 1.16 bits per heavy atom. The number of unbranched alkanes of at least 4 members (excludes halogenated alkanes) is 11. The van der Waals surface area contributed by atoms with Crippen LogP contribution in [0.3, 0.4) is 0 Å². The van der Waals surface area contributed by atoms with E-state index in [2.05, 4.69) is 6.92 Å². The van der Waals surface area contributed by atoms with Crippen molar-refractivity contribution in [1.82, 2.24) is 0 Å². The molecule has 0 aromatic rings. The van der Waals surface area contributed by atoms with Crippen molar-refractivity contribution in [2.24, 2.45) is 0 Å². The highest BCUT2D eigenvalue weighted by Crippen LogP contribution is 2.36. The van der Waals surface area contributed by atoms with Gasteiger partial charge >= 0.3 is 7.82 Å². The van der Waals surface area contributed by atoms with Crippen molar-refractivity contribution >= 4 is 7.82 Å². The summed E-state index contributed by atoms with van der Waals surface area (Å²) in [6.07, 6.45) is 16.8. The first-order chi connectivity index (χ1) is 17.5. The lowest BCUT2D eigenvalue weighted by Crippen LogP contribution is -2.50. The number of likely N-dealkylation sites (N-methyl/N-ethyl adjacent to an activating group) is 1. The Morgan fingerprint density at radius 3 is 1.59 bits per heavy atom. The van der Waals surface area contributed by atoms with Crippen LogP contribution < -0.4 is 0 Å². The quantitative estimate of drug-likeness (QED) is 0.0682. The lowest BCUT2D eigenvalue weighted by atomic mass is 10.1. The summed E-state index contributed by atoms with van der Waals surface area (Å²) >= 11 is 0. The maximum absolute atomic E-state index is 11.2. The zero-order valence-electron chi connectivity index (χ0n) is 25.0. The topological polar surface area (TPSA) is 94.5 Å². The lowest BCUT2D eigenvalue weighted by molar-refractivity contribution is -0.897. The van der Waals surface area contributed by atoms with Gasteiger partial charge in [0.25, 0.3) is 0 Å². The molecule has 9 heteroatoms. The Labute approximate surface area is 228 Å². The summed E-state index contributed by atoms with van der Waals surface area (Å²) in [5, 5.41) is 0. The van der Waals surface area contributed by atoms with E-state index in [0.29, 0.717) is 24.1 Å². The molecule has 0 aromatic heterocycles. The normalized spacial score (nSPS) is 14.4. The van der Waals surface area contributed by atoms with Gasteiger partial charge in [-0.2, -0.15) is 0 Å². The van der Waals surface area contributed by atoms with Gasteiger partial charge in [0.1, 0.15) is 12.6 Å². The Hall–Kier alpha value is -0.0500. The molecule has 0 rings (SSSR count). The van der Waals surface area contributed by atoms with Crippen molar-refractivity contribution < 1.29 is 37.6 Å². The van der Waals surface area contributed by atoms with Crippen molar-refractivity contribution in [3.63, 3.8) is 0 Å². The third-order valence-electron chi connectivity index (χ3n) is 6.55.